The SMILES string of the molecule is CCOc1ccccc1NC(=O)Cc1c2c(cc3c1OCC3)OCC2. The average Bonchev–Trinajstić information content (AvgIpc) is 3.25. The van der Waals surface area contributed by atoms with Gasteiger partial charge in [0.25, 0.3) is 0 Å². The van der Waals surface area contributed by atoms with Gasteiger partial charge < -0.3 is 19.5 Å². The highest BCUT2D eigenvalue weighted by molar-refractivity contribution is 5.94. The van der Waals surface area contributed by atoms with E-state index in [0.29, 0.717) is 31.3 Å². The Labute approximate surface area is 146 Å². The smallest absolute Gasteiger partial charge is 0.229 e. The number of nitrogens with one attached hydrogen (secondary N) is 1. The van der Waals surface area contributed by atoms with E-state index >= 15 is 0 Å². The van der Waals surface area contributed by atoms with E-state index in [2.05, 4.69) is 11.4 Å². The van der Waals surface area contributed by atoms with Crippen LogP contribution >= 0.6 is 0 Å². The molecule has 2 heterocycles. The quantitative estimate of drug-likeness (QED) is 0.909. The van der Waals surface area contributed by atoms with Crippen LogP contribution in [0.4, 0.5) is 5.69 Å². The molecule has 5 nitrogen and oxygen atoms in total. The zero-order valence-electron chi connectivity index (χ0n) is 14.3. The van der Waals surface area contributed by atoms with Crippen molar-refractivity contribution in [1.82, 2.24) is 0 Å². The minimum atomic E-state index is -0.0786. The fourth-order valence-electron chi connectivity index (χ4n) is 3.48. The van der Waals surface area contributed by atoms with E-state index in [1.165, 1.54) is 0 Å². The van der Waals surface area contributed by atoms with E-state index < -0.39 is 0 Å². The first-order valence-electron chi connectivity index (χ1n) is 8.71. The van der Waals surface area contributed by atoms with Gasteiger partial charge in [-0.2, -0.15) is 0 Å². The molecule has 2 aromatic rings. The highest BCUT2D eigenvalue weighted by Gasteiger charge is 2.27. The molecule has 0 radical (unpaired) electrons. The number of carbonyl (C=O) groups excluding carboxylic acids is 1. The van der Waals surface area contributed by atoms with Crippen molar-refractivity contribution in [2.45, 2.75) is 26.2 Å². The normalized spacial score (nSPS) is 14.3. The van der Waals surface area contributed by atoms with Gasteiger partial charge in [-0.05, 0) is 25.1 Å². The summed E-state index contributed by atoms with van der Waals surface area (Å²) in [6, 6.07) is 9.54. The molecule has 1 amide bonds. The van der Waals surface area contributed by atoms with Crippen molar-refractivity contribution in [3.05, 3.63) is 47.0 Å². The van der Waals surface area contributed by atoms with Gasteiger partial charge in [0.05, 0.1) is 31.9 Å². The average molecular weight is 339 g/mol. The Hall–Kier alpha value is -2.69. The monoisotopic (exact) mass is 339 g/mol. The highest BCUT2D eigenvalue weighted by Crippen LogP contribution is 2.41. The van der Waals surface area contributed by atoms with Gasteiger partial charge in [-0.25, -0.2) is 0 Å². The second-order valence-corrected chi connectivity index (χ2v) is 6.17. The zero-order chi connectivity index (χ0) is 17.2. The molecule has 130 valence electrons. The lowest BCUT2D eigenvalue weighted by molar-refractivity contribution is -0.115. The van der Waals surface area contributed by atoms with E-state index in [0.717, 1.165) is 41.0 Å². The lowest BCUT2D eigenvalue weighted by Crippen LogP contribution is -2.16. The number of amides is 1. The molecule has 0 fully saturated rings. The minimum absolute atomic E-state index is 0.0786. The Kier molecular flexibility index (Phi) is 4.22. The number of rotatable bonds is 5. The number of para-hydroxylation sites is 2. The molecule has 25 heavy (non-hydrogen) atoms. The Morgan fingerprint density at radius 1 is 1.20 bits per heavy atom. The summed E-state index contributed by atoms with van der Waals surface area (Å²) in [6.45, 7) is 3.81. The molecule has 0 saturated carbocycles. The summed E-state index contributed by atoms with van der Waals surface area (Å²) in [4.78, 5) is 12.7. The predicted octanol–water partition coefficient (Wildman–Crippen LogP) is 3.14. The van der Waals surface area contributed by atoms with Crippen molar-refractivity contribution < 1.29 is 19.0 Å². The van der Waals surface area contributed by atoms with Gasteiger partial charge in [0.2, 0.25) is 5.91 Å². The molecule has 0 spiro atoms. The zero-order valence-corrected chi connectivity index (χ0v) is 14.3. The second kappa shape index (κ2) is 6.67. The predicted molar refractivity (Wildman–Crippen MR) is 94.8 cm³/mol. The van der Waals surface area contributed by atoms with Crippen LogP contribution in [0.5, 0.6) is 17.2 Å². The Morgan fingerprint density at radius 2 is 2.04 bits per heavy atom. The number of carbonyl (C=O) groups is 1. The van der Waals surface area contributed by atoms with E-state index in [-0.39, 0.29) is 12.3 Å². The van der Waals surface area contributed by atoms with Crippen LogP contribution in [0.25, 0.3) is 0 Å². The maximum atomic E-state index is 12.7. The lowest BCUT2D eigenvalue weighted by atomic mass is 9.97. The first kappa shape index (κ1) is 15.8. The summed E-state index contributed by atoms with van der Waals surface area (Å²) >= 11 is 0. The summed E-state index contributed by atoms with van der Waals surface area (Å²) < 4.78 is 17.1. The van der Waals surface area contributed by atoms with Gasteiger partial charge in [-0.3, -0.25) is 4.79 Å². The van der Waals surface area contributed by atoms with Gasteiger partial charge in [0.1, 0.15) is 17.2 Å². The molecular formula is C20H21NO4. The fourth-order valence-corrected chi connectivity index (χ4v) is 3.48. The molecule has 0 aliphatic carbocycles. The molecular weight excluding hydrogens is 318 g/mol. The van der Waals surface area contributed by atoms with Crippen LogP contribution in [-0.2, 0) is 24.1 Å². The van der Waals surface area contributed by atoms with Crippen LogP contribution in [-0.4, -0.2) is 25.7 Å². The summed E-state index contributed by atoms with van der Waals surface area (Å²) in [5.74, 6) is 2.38. The third-order valence-electron chi connectivity index (χ3n) is 4.56. The van der Waals surface area contributed by atoms with Crippen LogP contribution in [0.15, 0.2) is 30.3 Å². The molecule has 0 atom stereocenters. The number of benzene rings is 2. The van der Waals surface area contributed by atoms with Gasteiger partial charge in [0, 0.05) is 29.5 Å². The van der Waals surface area contributed by atoms with Crippen LogP contribution in [0.3, 0.4) is 0 Å². The number of hydrogen-bond acceptors (Lipinski definition) is 4. The summed E-state index contributed by atoms with van der Waals surface area (Å²) in [5, 5.41) is 2.97. The fraction of sp³-hybridized carbons (Fsp3) is 0.350. The molecule has 0 unspecified atom stereocenters. The van der Waals surface area contributed by atoms with Gasteiger partial charge in [0.15, 0.2) is 0 Å². The van der Waals surface area contributed by atoms with Crippen molar-refractivity contribution >= 4 is 11.6 Å². The van der Waals surface area contributed by atoms with Crippen LogP contribution in [0, 0.1) is 0 Å². The van der Waals surface area contributed by atoms with Gasteiger partial charge in [-0.15, -0.1) is 0 Å². The van der Waals surface area contributed by atoms with Crippen molar-refractivity contribution in [1.29, 1.82) is 0 Å². The number of anilines is 1. The number of ether oxygens (including phenoxy) is 3. The maximum absolute atomic E-state index is 12.7. The van der Waals surface area contributed by atoms with E-state index in [9.17, 15) is 4.79 Å². The molecule has 0 bridgehead atoms. The Morgan fingerprint density at radius 3 is 2.92 bits per heavy atom. The Bertz CT molecular complexity index is 783. The largest absolute Gasteiger partial charge is 0.493 e. The molecule has 2 aliphatic rings. The second-order valence-electron chi connectivity index (χ2n) is 6.17. The van der Waals surface area contributed by atoms with E-state index in [1.807, 2.05) is 31.2 Å². The summed E-state index contributed by atoms with van der Waals surface area (Å²) in [7, 11) is 0. The molecule has 2 aliphatic heterocycles. The Balaban J connectivity index is 1.58. The topological polar surface area (TPSA) is 56.8 Å². The van der Waals surface area contributed by atoms with Crippen molar-refractivity contribution in [2.24, 2.45) is 0 Å². The lowest BCUT2D eigenvalue weighted by Gasteiger charge is -2.14. The number of hydrogen-bond donors (Lipinski definition) is 1. The number of fused-ring (bicyclic) bond motifs is 2. The van der Waals surface area contributed by atoms with Gasteiger partial charge in [-0.1, -0.05) is 12.1 Å². The summed E-state index contributed by atoms with van der Waals surface area (Å²) in [5.41, 5.74) is 3.90. The van der Waals surface area contributed by atoms with E-state index in [1.54, 1.807) is 0 Å². The van der Waals surface area contributed by atoms with Crippen molar-refractivity contribution in [2.75, 3.05) is 25.1 Å². The third-order valence-corrected chi connectivity index (χ3v) is 4.56. The molecule has 0 saturated heterocycles. The first-order valence-corrected chi connectivity index (χ1v) is 8.71. The van der Waals surface area contributed by atoms with Crippen molar-refractivity contribution in [3.8, 4) is 17.2 Å². The van der Waals surface area contributed by atoms with E-state index in [4.69, 9.17) is 14.2 Å². The molecule has 4 rings (SSSR count). The highest BCUT2D eigenvalue weighted by atomic mass is 16.5. The van der Waals surface area contributed by atoms with Crippen molar-refractivity contribution in [3.63, 3.8) is 0 Å². The van der Waals surface area contributed by atoms with Gasteiger partial charge >= 0.3 is 0 Å². The molecule has 5 heteroatoms. The standard InChI is InChI=1S/C20H21NO4/c1-2-23-17-6-4-3-5-16(17)21-19(22)12-15-14-8-10-24-18(14)11-13-7-9-25-20(13)15/h3-6,11H,2,7-10,12H2,1H3,(H,21,22). The molecule has 2 aromatic carbocycles. The molecule has 0 aromatic heterocycles. The summed E-state index contributed by atoms with van der Waals surface area (Å²) in [6.07, 6.45) is 1.97. The minimum Gasteiger partial charge on any atom is -0.493 e. The first-order chi connectivity index (χ1) is 12.3. The van der Waals surface area contributed by atoms with Crippen LogP contribution < -0.4 is 19.5 Å². The third kappa shape index (κ3) is 3.02. The van der Waals surface area contributed by atoms with Crippen LogP contribution in [0.1, 0.15) is 23.6 Å². The van der Waals surface area contributed by atoms with Crippen LogP contribution in [0.2, 0.25) is 0 Å². The molecule has 1 N–H and O–H groups in total. The maximum Gasteiger partial charge on any atom is 0.229 e.